The number of benzene rings is 2. The van der Waals surface area contributed by atoms with Crippen molar-refractivity contribution in [3.05, 3.63) is 64.2 Å². The van der Waals surface area contributed by atoms with E-state index in [9.17, 15) is 20.4 Å². The van der Waals surface area contributed by atoms with Gasteiger partial charge in [0.25, 0.3) is 0 Å². The van der Waals surface area contributed by atoms with Crippen LogP contribution in [0.5, 0.6) is 5.75 Å². The summed E-state index contributed by atoms with van der Waals surface area (Å²) in [7, 11) is 0. The minimum atomic E-state index is -1.41. The van der Waals surface area contributed by atoms with Gasteiger partial charge in [0.2, 0.25) is 0 Å². The van der Waals surface area contributed by atoms with E-state index in [0.717, 1.165) is 28.7 Å². The Balaban J connectivity index is 1.28. The summed E-state index contributed by atoms with van der Waals surface area (Å²) in [6.45, 7) is -0.460. The number of aliphatic hydroxyl groups excluding tert-OH is 4. The van der Waals surface area contributed by atoms with Crippen molar-refractivity contribution < 1.29 is 29.9 Å². The summed E-state index contributed by atoms with van der Waals surface area (Å²) < 4.78 is 11.8. The lowest BCUT2D eigenvalue weighted by atomic mass is 9.90. The molecule has 7 heteroatoms. The van der Waals surface area contributed by atoms with Crippen molar-refractivity contribution in [1.82, 2.24) is 0 Å². The Morgan fingerprint density at radius 1 is 0.906 bits per heavy atom. The van der Waals surface area contributed by atoms with Crippen LogP contribution in [0, 0.1) is 11.8 Å². The topological polar surface area (TPSA) is 99.4 Å². The standard InChI is InChI=1S/C25H29ClO6/c26-20-6-3-14(25-24(30)23(29)22(28)21(12-27)32-25)8-17(20)7-13-1-4-18(5-2-13)31-19-10-15-9-16(15)11-19/h1-6,8,15-16,19,21-25,27-30H,7,9-12H2/t15-,16?,19?,21+,22+,23-,24+,25?/m0/s1. The number of ether oxygens (including phenoxy) is 2. The SMILES string of the molecule is OC[C@H]1OC(c2ccc(Cl)c(Cc3ccc(OC4CC5C[C@H]5C4)cc3)c2)[C@H](O)[C@@H](O)[C@@H]1O. The van der Waals surface area contributed by atoms with Crippen LogP contribution < -0.4 is 4.74 Å². The van der Waals surface area contributed by atoms with Gasteiger partial charge in [0, 0.05) is 5.02 Å². The molecule has 0 bridgehead atoms. The molecule has 2 aliphatic carbocycles. The summed E-state index contributed by atoms with van der Waals surface area (Å²) in [6.07, 6.45) is -1.30. The molecule has 3 unspecified atom stereocenters. The van der Waals surface area contributed by atoms with E-state index in [1.54, 1.807) is 12.1 Å². The van der Waals surface area contributed by atoms with E-state index in [0.29, 0.717) is 23.1 Å². The number of hydrogen-bond donors (Lipinski definition) is 4. The van der Waals surface area contributed by atoms with Crippen LogP contribution >= 0.6 is 11.6 Å². The third kappa shape index (κ3) is 4.40. The van der Waals surface area contributed by atoms with E-state index in [1.807, 2.05) is 30.3 Å². The van der Waals surface area contributed by atoms with Gasteiger partial charge in [-0.05, 0) is 72.4 Å². The fourth-order valence-electron chi connectivity index (χ4n) is 5.14. The van der Waals surface area contributed by atoms with Gasteiger partial charge < -0.3 is 29.9 Å². The first kappa shape index (κ1) is 22.1. The van der Waals surface area contributed by atoms with Gasteiger partial charge in [0.1, 0.15) is 36.3 Å². The van der Waals surface area contributed by atoms with Crippen molar-refractivity contribution in [2.45, 2.75) is 62.3 Å². The minimum Gasteiger partial charge on any atom is -0.490 e. The molecule has 5 rings (SSSR count). The van der Waals surface area contributed by atoms with E-state index >= 15 is 0 Å². The van der Waals surface area contributed by atoms with Crippen LogP contribution in [0.25, 0.3) is 0 Å². The van der Waals surface area contributed by atoms with Gasteiger partial charge in [0.15, 0.2) is 0 Å². The molecule has 32 heavy (non-hydrogen) atoms. The van der Waals surface area contributed by atoms with E-state index in [1.165, 1.54) is 19.3 Å². The molecule has 4 N–H and O–H groups in total. The number of aliphatic hydroxyl groups is 4. The second-order valence-corrected chi connectivity index (χ2v) is 9.80. The molecule has 2 aromatic rings. The highest BCUT2D eigenvalue weighted by molar-refractivity contribution is 6.31. The molecule has 1 aliphatic heterocycles. The van der Waals surface area contributed by atoms with Crippen LogP contribution in [0.3, 0.4) is 0 Å². The van der Waals surface area contributed by atoms with E-state index in [2.05, 4.69) is 0 Å². The maximum Gasteiger partial charge on any atom is 0.119 e. The second kappa shape index (κ2) is 8.93. The van der Waals surface area contributed by atoms with Crippen molar-refractivity contribution in [3.8, 4) is 5.75 Å². The molecule has 3 aliphatic rings. The third-order valence-electron chi connectivity index (χ3n) is 7.11. The zero-order valence-corrected chi connectivity index (χ0v) is 18.4. The summed E-state index contributed by atoms with van der Waals surface area (Å²) >= 11 is 6.43. The Morgan fingerprint density at radius 3 is 2.31 bits per heavy atom. The number of fused-ring (bicyclic) bond motifs is 1. The molecular formula is C25H29ClO6. The van der Waals surface area contributed by atoms with Crippen molar-refractivity contribution in [3.63, 3.8) is 0 Å². The molecule has 2 saturated carbocycles. The number of hydrogen-bond acceptors (Lipinski definition) is 6. The molecule has 6 nitrogen and oxygen atoms in total. The Hall–Kier alpha value is -1.67. The van der Waals surface area contributed by atoms with Crippen LogP contribution in [0.1, 0.15) is 42.1 Å². The van der Waals surface area contributed by atoms with Crippen molar-refractivity contribution in [1.29, 1.82) is 0 Å². The highest BCUT2D eigenvalue weighted by Crippen LogP contribution is 2.52. The van der Waals surface area contributed by atoms with Gasteiger partial charge in [-0.3, -0.25) is 0 Å². The Morgan fingerprint density at radius 2 is 1.62 bits per heavy atom. The average Bonchev–Trinajstić information content (AvgIpc) is 3.41. The molecule has 0 radical (unpaired) electrons. The van der Waals surface area contributed by atoms with E-state index < -0.39 is 37.1 Å². The zero-order chi connectivity index (χ0) is 22.4. The quantitative estimate of drug-likeness (QED) is 0.529. The van der Waals surface area contributed by atoms with E-state index in [-0.39, 0.29) is 0 Å². The molecule has 1 heterocycles. The largest absolute Gasteiger partial charge is 0.490 e. The van der Waals surface area contributed by atoms with Gasteiger partial charge in [0.05, 0.1) is 12.7 Å². The maximum absolute atomic E-state index is 10.4. The van der Waals surface area contributed by atoms with Gasteiger partial charge in [-0.2, -0.15) is 0 Å². The smallest absolute Gasteiger partial charge is 0.119 e. The number of rotatable bonds is 6. The Labute approximate surface area is 192 Å². The summed E-state index contributed by atoms with van der Waals surface area (Å²) in [6, 6.07) is 13.3. The predicted octanol–water partition coefficient (Wildman–Crippen LogP) is 2.62. The fourth-order valence-corrected chi connectivity index (χ4v) is 5.32. The highest BCUT2D eigenvalue weighted by Gasteiger charge is 2.47. The summed E-state index contributed by atoms with van der Waals surface area (Å²) in [4.78, 5) is 0. The Bertz CT molecular complexity index is 938. The van der Waals surface area contributed by atoms with Crippen LogP contribution in [0.4, 0.5) is 0 Å². The molecule has 0 amide bonds. The first-order valence-electron chi connectivity index (χ1n) is 11.3. The fraction of sp³-hybridized carbons (Fsp3) is 0.520. The monoisotopic (exact) mass is 460 g/mol. The van der Waals surface area contributed by atoms with Crippen molar-refractivity contribution >= 4 is 11.6 Å². The predicted molar refractivity (Wildman–Crippen MR) is 119 cm³/mol. The molecule has 1 saturated heterocycles. The molecule has 3 fully saturated rings. The first-order valence-corrected chi connectivity index (χ1v) is 11.6. The van der Waals surface area contributed by atoms with Crippen LogP contribution in [0.2, 0.25) is 5.02 Å². The van der Waals surface area contributed by atoms with Crippen molar-refractivity contribution in [2.24, 2.45) is 11.8 Å². The molecule has 2 aromatic carbocycles. The molecule has 0 aromatic heterocycles. The lowest BCUT2D eigenvalue weighted by molar-refractivity contribution is -0.231. The summed E-state index contributed by atoms with van der Waals surface area (Å²) in [5.41, 5.74) is 2.55. The highest BCUT2D eigenvalue weighted by atomic mass is 35.5. The summed E-state index contributed by atoms with van der Waals surface area (Å²) in [5, 5.41) is 40.6. The zero-order valence-electron chi connectivity index (χ0n) is 17.7. The van der Waals surface area contributed by atoms with Gasteiger partial charge in [-0.1, -0.05) is 35.9 Å². The molecule has 8 atom stereocenters. The lowest BCUT2D eigenvalue weighted by Gasteiger charge is -2.40. The second-order valence-electron chi connectivity index (χ2n) is 9.39. The van der Waals surface area contributed by atoms with Gasteiger partial charge >= 0.3 is 0 Å². The van der Waals surface area contributed by atoms with Gasteiger partial charge in [-0.15, -0.1) is 0 Å². The third-order valence-corrected chi connectivity index (χ3v) is 7.48. The number of halogens is 1. The normalized spacial score (nSPS) is 36.0. The van der Waals surface area contributed by atoms with Crippen LogP contribution in [0.15, 0.2) is 42.5 Å². The average molecular weight is 461 g/mol. The maximum atomic E-state index is 10.4. The van der Waals surface area contributed by atoms with E-state index in [4.69, 9.17) is 21.1 Å². The molecular weight excluding hydrogens is 432 g/mol. The van der Waals surface area contributed by atoms with Crippen LogP contribution in [-0.4, -0.2) is 57.6 Å². The molecule has 172 valence electrons. The first-order chi connectivity index (χ1) is 15.4. The molecule has 0 spiro atoms. The lowest BCUT2D eigenvalue weighted by Crippen LogP contribution is -2.55. The van der Waals surface area contributed by atoms with Crippen molar-refractivity contribution in [2.75, 3.05) is 6.61 Å². The van der Waals surface area contributed by atoms with Gasteiger partial charge in [-0.25, -0.2) is 0 Å². The summed E-state index contributed by atoms with van der Waals surface area (Å²) in [5.74, 6) is 2.66. The Kier molecular flexibility index (Phi) is 6.18. The van der Waals surface area contributed by atoms with Crippen LogP contribution in [-0.2, 0) is 11.2 Å². The minimum absolute atomic E-state index is 0.342.